The van der Waals surface area contributed by atoms with Crippen molar-refractivity contribution in [3.63, 3.8) is 0 Å². The molecular formula is C14H16N4OS. The Balaban J connectivity index is 2.30. The van der Waals surface area contributed by atoms with Gasteiger partial charge in [-0.25, -0.2) is 15.0 Å². The van der Waals surface area contributed by atoms with Gasteiger partial charge in [-0.05, 0) is 25.5 Å². The molecule has 6 heteroatoms. The maximum Gasteiger partial charge on any atom is 0.149 e. The maximum atomic E-state index is 9.09. The van der Waals surface area contributed by atoms with Crippen LogP contribution in [0.3, 0.4) is 0 Å². The van der Waals surface area contributed by atoms with Crippen LogP contribution in [0.2, 0.25) is 0 Å². The van der Waals surface area contributed by atoms with Crippen LogP contribution in [0.5, 0.6) is 0 Å². The van der Waals surface area contributed by atoms with Gasteiger partial charge in [0.15, 0.2) is 0 Å². The van der Waals surface area contributed by atoms with E-state index in [1.807, 2.05) is 18.9 Å². The molecule has 3 aromatic heterocycles. The Morgan fingerprint density at radius 2 is 2.10 bits per heavy atom. The molecule has 0 aromatic carbocycles. The molecule has 0 atom stereocenters. The number of aliphatic hydroxyl groups is 1. The smallest absolute Gasteiger partial charge is 0.149 e. The molecular weight excluding hydrogens is 272 g/mol. The molecule has 5 nitrogen and oxygen atoms in total. The fourth-order valence-corrected chi connectivity index (χ4v) is 3.41. The quantitative estimate of drug-likeness (QED) is 0.801. The molecule has 0 unspecified atom stereocenters. The van der Waals surface area contributed by atoms with Crippen molar-refractivity contribution in [2.75, 3.05) is 25.1 Å². The van der Waals surface area contributed by atoms with Gasteiger partial charge in [0.1, 0.15) is 17.0 Å². The van der Waals surface area contributed by atoms with Crippen molar-refractivity contribution in [2.45, 2.75) is 13.8 Å². The first-order valence-corrected chi connectivity index (χ1v) is 7.27. The van der Waals surface area contributed by atoms with Crippen molar-refractivity contribution in [3.8, 4) is 0 Å². The largest absolute Gasteiger partial charge is 0.395 e. The van der Waals surface area contributed by atoms with Crippen LogP contribution < -0.4 is 4.90 Å². The van der Waals surface area contributed by atoms with Crippen molar-refractivity contribution in [1.29, 1.82) is 0 Å². The topological polar surface area (TPSA) is 62.1 Å². The molecule has 0 radical (unpaired) electrons. The highest BCUT2D eigenvalue weighted by Gasteiger charge is 2.15. The highest BCUT2D eigenvalue weighted by atomic mass is 32.1. The molecule has 0 aliphatic heterocycles. The summed E-state index contributed by atoms with van der Waals surface area (Å²) in [4.78, 5) is 16.3. The molecule has 3 rings (SSSR count). The van der Waals surface area contributed by atoms with Crippen molar-refractivity contribution >= 4 is 37.6 Å². The summed E-state index contributed by atoms with van der Waals surface area (Å²) in [5.74, 6) is 0.849. The van der Waals surface area contributed by atoms with Gasteiger partial charge in [-0.2, -0.15) is 0 Å². The van der Waals surface area contributed by atoms with Gasteiger partial charge < -0.3 is 10.0 Å². The number of pyridine rings is 1. The number of fused-ring (bicyclic) bond motifs is 3. The first-order valence-electron chi connectivity index (χ1n) is 6.45. The summed E-state index contributed by atoms with van der Waals surface area (Å²) < 4.78 is 1.02. The summed E-state index contributed by atoms with van der Waals surface area (Å²) in [6.45, 7) is 4.73. The molecule has 104 valence electrons. The zero-order chi connectivity index (χ0) is 14.3. The molecule has 0 aliphatic carbocycles. The van der Waals surface area contributed by atoms with Gasteiger partial charge in [0.2, 0.25) is 0 Å². The van der Waals surface area contributed by atoms with E-state index in [9.17, 15) is 0 Å². The van der Waals surface area contributed by atoms with Crippen LogP contribution in [0.25, 0.3) is 20.4 Å². The fraction of sp³-hybridized carbons (Fsp3) is 0.357. The minimum atomic E-state index is 0.101. The lowest BCUT2D eigenvalue weighted by Gasteiger charge is -2.16. The predicted molar refractivity (Wildman–Crippen MR) is 82.5 cm³/mol. The Labute approximate surface area is 120 Å². The molecule has 3 aromatic rings. The normalized spacial score (nSPS) is 11.4. The molecule has 0 bridgehead atoms. The van der Waals surface area contributed by atoms with Crippen LogP contribution in [0.4, 0.5) is 5.82 Å². The van der Waals surface area contributed by atoms with Gasteiger partial charge >= 0.3 is 0 Å². The van der Waals surface area contributed by atoms with E-state index in [0.29, 0.717) is 6.54 Å². The van der Waals surface area contributed by atoms with E-state index in [1.54, 1.807) is 17.7 Å². The minimum absolute atomic E-state index is 0.101. The first-order chi connectivity index (χ1) is 9.61. The highest BCUT2D eigenvalue weighted by molar-refractivity contribution is 7.25. The minimum Gasteiger partial charge on any atom is -0.395 e. The Bertz CT molecular complexity index is 784. The molecule has 0 fully saturated rings. The van der Waals surface area contributed by atoms with E-state index in [-0.39, 0.29) is 6.61 Å². The van der Waals surface area contributed by atoms with Crippen LogP contribution in [0.15, 0.2) is 12.4 Å². The van der Waals surface area contributed by atoms with E-state index in [4.69, 9.17) is 5.11 Å². The lowest BCUT2D eigenvalue weighted by molar-refractivity contribution is 0.304. The standard InChI is InChI=1S/C14H16N4OS/c1-8-6-10-11-12(20-14(10)17-9(8)2)13(16-7-15-11)18(3)4-5-19/h6-7,19H,4-5H2,1-3H3. The number of anilines is 1. The fourth-order valence-electron chi connectivity index (χ4n) is 2.21. The number of nitrogens with zero attached hydrogens (tertiary/aromatic N) is 4. The second kappa shape index (κ2) is 4.96. The number of aromatic nitrogens is 3. The zero-order valence-electron chi connectivity index (χ0n) is 11.7. The first kappa shape index (κ1) is 13.2. The van der Waals surface area contributed by atoms with E-state index < -0.39 is 0 Å². The molecule has 0 amide bonds. The Morgan fingerprint density at radius 1 is 1.30 bits per heavy atom. The second-order valence-electron chi connectivity index (χ2n) is 4.87. The molecule has 0 saturated heterocycles. The van der Waals surface area contributed by atoms with Crippen molar-refractivity contribution in [3.05, 3.63) is 23.7 Å². The lowest BCUT2D eigenvalue weighted by atomic mass is 10.2. The van der Waals surface area contributed by atoms with E-state index in [0.717, 1.165) is 31.9 Å². The summed E-state index contributed by atoms with van der Waals surface area (Å²) in [6.07, 6.45) is 1.58. The molecule has 3 heterocycles. The number of aryl methyl sites for hydroxylation is 2. The number of likely N-dealkylation sites (N-methyl/N-ethyl adjacent to an activating group) is 1. The summed E-state index contributed by atoms with van der Waals surface area (Å²) in [7, 11) is 1.92. The Hall–Kier alpha value is -1.79. The van der Waals surface area contributed by atoms with Crippen LogP contribution in [0, 0.1) is 13.8 Å². The third kappa shape index (κ3) is 2.01. The van der Waals surface area contributed by atoms with Crippen molar-refractivity contribution in [1.82, 2.24) is 15.0 Å². The third-order valence-electron chi connectivity index (χ3n) is 3.47. The number of hydrogen-bond donors (Lipinski definition) is 1. The van der Waals surface area contributed by atoms with Gasteiger partial charge in [0.25, 0.3) is 0 Å². The SMILES string of the molecule is Cc1cc2c(nc1C)sc1c(N(C)CCO)ncnc12. The van der Waals surface area contributed by atoms with Crippen molar-refractivity contribution in [2.24, 2.45) is 0 Å². The van der Waals surface area contributed by atoms with Crippen LogP contribution >= 0.6 is 11.3 Å². The zero-order valence-corrected chi connectivity index (χ0v) is 12.5. The van der Waals surface area contributed by atoms with Crippen LogP contribution in [-0.2, 0) is 0 Å². The van der Waals surface area contributed by atoms with Crippen LogP contribution in [-0.4, -0.2) is 40.3 Å². The summed E-state index contributed by atoms with van der Waals surface area (Å²) in [5, 5.41) is 10.2. The van der Waals surface area contributed by atoms with Crippen LogP contribution in [0.1, 0.15) is 11.3 Å². The Morgan fingerprint density at radius 3 is 2.85 bits per heavy atom. The van der Waals surface area contributed by atoms with E-state index in [2.05, 4.69) is 27.9 Å². The van der Waals surface area contributed by atoms with E-state index in [1.165, 1.54) is 5.56 Å². The molecule has 0 aliphatic rings. The van der Waals surface area contributed by atoms with Gasteiger partial charge in [-0.1, -0.05) is 0 Å². The molecule has 0 saturated carbocycles. The lowest BCUT2D eigenvalue weighted by Crippen LogP contribution is -2.22. The average Bonchev–Trinajstić information content (AvgIpc) is 2.77. The molecule has 20 heavy (non-hydrogen) atoms. The van der Waals surface area contributed by atoms with E-state index >= 15 is 0 Å². The van der Waals surface area contributed by atoms with Gasteiger partial charge in [-0.3, -0.25) is 0 Å². The number of aliphatic hydroxyl groups excluding tert-OH is 1. The van der Waals surface area contributed by atoms with Gasteiger partial charge in [0.05, 0.1) is 16.8 Å². The Kier molecular flexibility index (Phi) is 3.27. The van der Waals surface area contributed by atoms with Crippen molar-refractivity contribution < 1.29 is 5.11 Å². The second-order valence-corrected chi connectivity index (χ2v) is 5.86. The summed E-state index contributed by atoms with van der Waals surface area (Å²) in [5.41, 5.74) is 3.15. The summed E-state index contributed by atoms with van der Waals surface area (Å²) >= 11 is 1.61. The molecule has 0 spiro atoms. The monoisotopic (exact) mass is 288 g/mol. The number of rotatable bonds is 3. The third-order valence-corrected chi connectivity index (χ3v) is 4.55. The average molecular weight is 288 g/mol. The van der Waals surface area contributed by atoms with Gasteiger partial charge in [0, 0.05) is 24.7 Å². The van der Waals surface area contributed by atoms with Gasteiger partial charge in [-0.15, -0.1) is 11.3 Å². The summed E-state index contributed by atoms with van der Waals surface area (Å²) in [6, 6.07) is 2.14. The number of thiophene rings is 1. The molecule has 1 N–H and O–H groups in total. The number of hydrogen-bond acceptors (Lipinski definition) is 6. The highest BCUT2D eigenvalue weighted by Crippen LogP contribution is 2.36. The predicted octanol–water partition coefficient (Wildman–Crippen LogP) is 2.28. The maximum absolute atomic E-state index is 9.09.